The maximum Gasteiger partial charge on any atom is 0.0380 e. The highest BCUT2D eigenvalue weighted by molar-refractivity contribution is 9.08. The molecule has 0 spiro atoms. The molecule has 1 aromatic heterocycles. The first-order valence-corrected chi connectivity index (χ1v) is 6.38. The molecule has 0 nitrogen and oxygen atoms in total. The Bertz CT molecular complexity index is 445. The summed E-state index contributed by atoms with van der Waals surface area (Å²) in [5.74, 6) is 0. The maximum absolute atomic E-state index is 4.46. The number of fused-ring (bicyclic) bond motifs is 1. The molecule has 3 heteroatoms. The number of halogens is 1. The number of benzene rings is 1. The summed E-state index contributed by atoms with van der Waals surface area (Å²) in [5, 5.41) is 2.25. The predicted molar refractivity (Wildman–Crippen MR) is 66.4 cm³/mol. The first-order valence-electron chi connectivity index (χ1n) is 4.00. The number of hydrogen-bond donors (Lipinski definition) is 1. The van der Waals surface area contributed by atoms with Crippen LogP contribution in [0.25, 0.3) is 10.1 Å². The van der Waals surface area contributed by atoms with Gasteiger partial charge in [-0.3, -0.25) is 0 Å². The summed E-state index contributed by atoms with van der Waals surface area (Å²) in [6, 6.07) is 6.25. The standard InChI is InChI=1S/C10H9BrS2/c1-6-9(5-11)13-8-4-2-3-7(12)10(6)8/h2-4,12H,5H2,1H3. The Morgan fingerprint density at radius 2 is 2.23 bits per heavy atom. The Hall–Kier alpha value is 0.01000. The van der Waals surface area contributed by atoms with E-state index in [2.05, 4.69) is 47.6 Å². The van der Waals surface area contributed by atoms with Crippen molar-refractivity contribution in [2.24, 2.45) is 0 Å². The number of alkyl halides is 1. The largest absolute Gasteiger partial charge is 0.143 e. The Kier molecular flexibility index (Phi) is 2.67. The third-order valence-corrected chi connectivity index (χ3v) is 4.71. The van der Waals surface area contributed by atoms with E-state index in [4.69, 9.17) is 0 Å². The van der Waals surface area contributed by atoms with Crippen LogP contribution in [-0.4, -0.2) is 0 Å². The maximum atomic E-state index is 4.46. The molecular formula is C10H9BrS2. The average Bonchev–Trinajstić information content (AvgIpc) is 2.44. The molecule has 0 saturated heterocycles. The molecule has 0 aliphatic rings. The number of hydrogen-bond acceptors (Lipinski definition) is 2. The second-order valence-corrected chi connectivity index (χ2v) is 5.11. The summed E-state index contributed by atoms with van der Waals surface area (Å²) in [6.45, 7) is 2.16. The minimum Gasteiger partial charge on any atom is -0.143 e. The lowest BCUT2D eigenvalue weighted by Crippen LogP contribution is -1.75. The van der Waals surface area contributed by atoms with E-state index in [1.54, 1.807) is 0 Å². The Morgan fingerprint density at radius 1 is 1.46 bits per heavy atom. The van der Waals surface area contributed by atoms with Gasteiger partial charge in [0.2, 0.25) is 0 Å². The van der Waals surface area contributed by atoms with Crippen molar-refractivity contribution in [3.05, 3.63) is 28.6 Å². The number of aryl methyl sites for hydroxylation is 1. The van der Waals surface area contributed by atoms with Crippen LogP contribution in [0.1, 0.15) is 10.4 Å². The van der Waals surface area contributed by atoms with Crippen LogP contribution in [0.4, 0.5) is 0 Å². The quantitative estimate of drug-likeness (QED) is 0.578. The Labute approximate surface area is 95.5 Å². The summed E-state index contributed by atoms with van der Waals surface area (Å²) in [4.78, 5) is 2.48. The summed E-state index contributed by atoms with van der Waals surface area (Å²) in [7, 11) is 0. The van der Waals surface area contributed by atoms with Gasteiger partial charge in [-0.15, -0.1) is 24.0 Å². The fraction of sp³-hybridized carbons (Fsp3) is 0.200. The molecule has 0 amide bonds. The first-order chi connectivity index (χ1) is 6.24. The number of thiol groups is 1. The molecule has 0 saturated carbocycles. The van der Waals surface area contributed by atoms with Crippen LogP contribution in [0, 0.1) is 6.92 Å². The lowest BCUT2D eigenvalue weighted by molar-refractivity contribution is 1.42. The first kappa shape index (κ1) is 9.56. The van der Waals surface area contributed by atoms with Crippen molar-refractivity contribution in [1.82, 2.24) is 0 Å². The number of rotatable bonds is 1. The highest BCUT2D eigenvalue weighted by Crippen LogP contribution is 2.35. The Balaban J connectivity index is 2.85. The van der Waals surface area contributed by atoms with E-state index in [0.717, 1.165) is 10.2 Å². The third kappa shape index (κ3) is 1.53. The summed E-state index contributed by atoms with van der Waals surface area (Å²) < 4.78 is 1.33. The van der Waals surface area contributed by atoms with Gasteiger partial charge < -0.3 is 0 Å². The molecule has 0 fully saturated rings. The highest BCUT2D eigenvalue weighted by atomic mass is 79.9. The molecule has 0 bridgehead atoms. The molecule has 0 atom stereocenters. The van der Waals surface area contributed by atoms with E-state index in [9.17, 15) is 0 Å². The lowest BCUT2D eigenvalue weighted by Gasteiger charge is -1.96. The lowest BCUT2D eigenvalue weighted by atomic mass is 10.1. The molecule has 0 radical (unpaired) electrons. The topological polar surface area (TPSA) is 0 Å². The average molecular weight is 273 g/mol. The highest BCUT2D eigenvalue weighted by Gasteiger charge is 2.08. The van der Waals surface area contributed by atoms with E-state index in [0.29, 0.717) is 0 Å². The van der Waals surface area contributed by atoms with Crippen molar-refractivity contribution in [3.8, 4) is 0 Å². The van der Waals surface area contributed by atoms with Crippen molar-refractivity contribution in [2.75, 3.05) is 0 Å². The van der Waals surface area contributed by atoms with Gasteiger partial charge >= 0.3 is 0 Å². The predicted octanol–water partition coefficient (Wildman–Crippen LogP) is 4.39. The van der Waals surface area contributed by atoms with Gasteiger partial charge in [0.15, 0.2) is 0 Å². The van der Waals surface area contributed by atoms with Gasteiger partial charge in [0, 0.05) is 25.2 Å². The van der Waals surface area contributed by atoms with Crippen LogP contribution in [0.2, 0.25) is 0 Å². The van der Waals surface area contributed by atoms with Crippen LogP contribution in [0.3, 0.4) is 0 Å². The van der Waals surface area contributed by atoms with Crippen LogP contribution in [-0.2, 0) is 5.33 Å². The second kappa shape index (κ2) is 3.64. The van der Waals surface area contributed by atoms with E-state index in [1.165, 1.54) is 20.5 Å². The molecule has 2 aromatic rings. The molecule has 0 unspecified atom stereocenters. The molecule has 13 heavy (non-hydrogen) atoms. The van der Waals surface area contributed by atoms with Crippen LogP contribution in [0.5, 0.6) is 0 Å². The van der Waals surface area contributed by atoms with E-state index in [-0.39, 0.29) is 0 Å². The van der Waals surface area contributed by atoms with Crippen LogP contribution < -0.4 is 0 Å². The molecular weight excluding hydrogens is 264 g/mol. The van der Waals surface area contributed by atoms with Gasteiger partial charge in [0.1, 0.15) is 0 Å². The zero-order valence-electron chi connectivity index (χ0n) is 7.17. The van der Waals surface area contributed by atoms with Gasteiger partial charge in [0.05, 0.1) is 0 Å². The monoisotopic (exact) mass is 272 g/mol. The van der Waals surface area contributed by atoms with Crippen molar-refractivity contribution in [1.29, 1.82) is 0 Å². The van der Waals surface area contributed by atoms with Crippen molar-refractivity contribution in [3.63, 3.8) is 0 Å². The van der Waals surface area contributed by atoms with E-state index < -0.39 is 0 Å². The van der Waals surface area contributed by atoms with Gasteiger partial charge in [-0.05, 0) is 24.6 Å². The van der Waals surface area contributed by atoms with Gasteiger partial charge in [-0.25, -0.2) is 0 Å². The summed E-state index contributed by atoms with van der Waals surface area (Å²) in [5.41, 5.74) is 1.36. The van der Waals surface area contributed by atoms with Crippen LogP contribution in [0.15, 0.2) is 23.1 Å². The smallest absolute Gasteiger partial charge is 0.0380 e. The molecule has 2 rings (SSSR count). The zero-order chi connectivity index (χ0) is 9.42. The molecule has 0 N–H and O–H groups in total. The Morgan fingerprint density at radius 3 is 2.85 bits per heavy atom. The SMILES string of the molecule is Cc1c(CBr)sc2cccc(S)c12. The van der Waals surface area contributed by atoms with Crippen LogP contribution >= 0.6 is 39.9 Å². The van der Waals surface area contributed by atoms with Crippen molar-refractivity contribution in [2.45, 2.75) is 17.1 Å². The normalized spacial score (nSPS) is 11.0. The van der Waals surface area contributed by atoms with Gasteiger partial charge in [0.25, 0.3) is 0 Å². The summed E-state index contributed by atoms with van der Waals surface area (Å²) >= 11 is 9.80. The molecule has 1 heterocycles. The van der Waals surface area contributed by atoms with Crippen molar-refractivity contribution >= 4 is 50.0 Å². The van der Waals surface area contributed by atoms with E-state index >= 15 is 0 Å². The zero-order valence-corrected chi connectivity index (χ0v) is 10.5. The third-order valence-electron chi connectivity index (χ3n) is 2.15. The minimum atomic E-state index is 0.936. The fourth-order valence-electron chi connectivity index (χ4n) is 1.46. The molecule has 0 aliphatic carbocycles. The second-order valence-electron chi connectivity index (χ2n) is 2.93. The van der Waals surface area contributed by atoms with Gasteiger partial charge in [-0.2, -0.15) is 0 Å². The molecule has 0 aliphatic heterocycles. The molecule has 68 valence electrons. The van der Waals surface area contributed by atoms with Gasteiger partial charge in [-0.1, -0.05) is 22.0 Å². The number of thiophene rings is 1. The molecule has 1 aromatic carbocycles. The fourth-order valence-corrected chi connectivity index (χ4v) is 3.76. The summed E-state index contributed by atoms with van der Waals surface area (Å²) in [6.07, 6.45) is 0. The minimum absolute atomic E-state index is 0.936. The van der Waals surface area contributed by atoms with E-state index in [1.807, 2.05) is 17.4 Å². The van der Waals surface area contributed by atoms with Crippen molar-refractivity contribution < 1.29 is 0 Å².